The summed E-state index contributed by atoms with van der Waals surface area (Å²) in [6.45, 7) is 0. The lowest BCUT2D eigenvalue weighted by atomic mass is 10.2. The molecule has 0 atom stereocenters. The van der Waals surface area contributed by atoms with Crippen LogP contribution in [0.5, 0.6) is 0 Å². The Bertz CT molecular complexity index is 646. The molecule has 2 nitrogen and oxygen atoms in total. The number of hydrogen-bond donors (Lipinski definition) is 1. The number of amides is 1. The zero-order chi connectivity index (χ0) is 14.0. The fraction of sp³-hybridized carbons (Fsp3) is 0. The maximum Gasteiger partial charge on any atom is 0.256 e. The molecule has 0 aliphatic carbocycles. The third kappa shape index (κ3) is 3.54. The molecule has 2 rings (SSSR count). The molecule has 2 aromatic rings. The summed E-state index contributed by atoms with van der Waals surface area (Å²) >= 11 is 19.8. The molecule has 0 bridgehead atoms. The van der Waals surface area contributed by atoms with Crippen molar-refractivity contribution >= 4 is 69.0 Å². The number of halogens is 4. The van der Waals surface area contributed by atoms with E-state index in [1.165, 1.54) is 12.1 Å². The van der Waals surface area contributed by atoms with Gasteiger partial charge in [-0.1, -0.05) is 46.9 Å². The molecule has 0 aliphatic heterocycles. The second-order valence-electron chi connectivity index (χ2n) is 3.68. The van der Waals surface area contributed by atoms with Crippen LogP contribution < -0.4 is 5.32 Å². The Labute approximate surface area is 139 Å². The van der Waals surface area contributed by atoms with Gasteiger partial charge in [0.15, 0.2) is 0 Å². The monoisotopic (exact) mass is 425 g/mol. The summed E-state index contributed by atoms with van der Waals surface area (Å²) in [5, 5.41) is 3.74. The molecule has 6 heteroatoms. The van der Waals surface area contributed by atoms with Gasteiger partial charge in [-0.3, -0.25) is 4.79 Å². The van der Waals surface area contributed by atoms with E-state index < -0.39 is 0 Å². The Morgan fingerprint density at radius 1 is 1.00 bits per heavy atom. The van der Waals surface area contributed by atoms with Crippen molar-refractivity contribution in [2.45, 2.75) is 0 Å². The lowest BCUT2D eigenvalue weighted by Crippen LogP contribution is -2.13. The molecule has 0 spiro atoms. The molecule has 0 heterocycles. The molecular weight excluding hydrogens is 419 g/mol. The fourth-order valence-electron chi connectivity index (χ4n) is 1.45. The average molecular weight is 426 g/mol. The largest absolute Gasteiger partial charge is 0.321 e. The summed E-state index contributed by atoms with van der Waals surface area (Å²) in [6, 6.07) is 10.3. The minimum Gasteiger partial charge on any atom is -0.321 e. The summed E-state index contributed by atoms with van der Waals surface area (Å²) < 4.78 is 0.855. The molecule has 0 aromatic heterocycles. The summed E-state index contributed by atoms with van der Waals surface area (Å²) in [7, 11) is 0. The van der Waals surface area contributed by atoms with Gasteiger partial charge in [0, 0.05) is 3.57 Å². The molecule has 1 N–H and O–H groups in total. The van der Waals surface area contributed by atoms with Crippen LogP contribution in [0.2, 0.25) is 15.1 Å². The van der Waals surface area contributed by atoms with E-state index in [4.69, 9.17) is 34.8 Å². The van der Waals surface area contributed by atoms with Gasteiger partial charge in [-0.15, -0.1) is 0 Å². The molecule has 98 valence electrons. The molecule has 0 unspecified atom stereocenters. The second kappa shape index (κ2) is 6.31. The lowest BCUT2D eigenvalue weighted by Gasteiger charge is -2.09. The van der Waals surface area contributed by atoms with E-state index in [9.17, 15) is 4.79 Å². The van der Waals surface area contributed by atoms with Crippen molar-refractivity contribution in [1.29, 1.82) is 0 Å². The Morgan fingerprint density at radius 3 is 2.32 bits per heavy atom. The predicted octanol–water partition coefficient (Wildman–Crippen LogP) is 5.50. The minimum absolute atomic E-state index is 0.245. The van der Waals surface area contributed by atoms with E-state index in [2.05, 4.69) is 27.9 Å². The van der Waals surface area contributed by atoms with Crippen LogP contribution in [0.25, 0.3) is 0 Å². The SMILES string of the molecule is O=C(Nc1cc(Cl)c(Cl)cc1Cl)c1ccccc1I. The van der Waals surface area contributed by atoms with Gasteiger partial charge < -0.3 is 5.32 Å². The standard InChI is InChI=1S/C13H7Cl3INO/c14-8-5-10(16)12(6-9(8)15)18-13(19)7-3-1-2-4-11(7)17/h1-6H,(H,18,19). The van der Waals surface area contributed by atoms with Crippen LogP contribution in [0.3, 0.4) is 0 Å². The molecule has 0 aliphatic rings. The van der Waals surface area contributed by atoms with Crippen LogP contribution >= 0.6 is 57.4 Å². The highest BCUT2D eigenvalue weighted by atomic mass is 127. The molecule has 19 heavy (non-hydrogen) atoms. The Hall–Kier alpha value is -0.490. The normalized spacial score (nSPS) is 10.3. The lowest BCUT2D eigenvalue weighted by molar-refractivity contribution is 0.102. The summed E-state index contributed by atoms with van der Waals surface area (Å²) in [5.74, 6) is -0.245. The highest BCUT2D eigenvalue weighted by Gasteiger charge is 2.12. The highest BCUT2D eigenvalue weighted by molar-refractivity contribution is 14.1. The molecule has 0 fully saturated rings. The van der Waals surface area contributed by atoms with Crippen LogP contribution in [-0.4, -0.2) is 5.91 Å². The summed E-state index contributed by atoms with van der Waals surface area (Å²) in [4.78, 5) is 12.1. The maximum absolute atomic E-state index is 12.1. The Kier molecular flexibility index (Phi) is 4.95. The van der Waals surface area contributed by atoms with E-state index in [-0.39, 0.29) is 5.91 Å². The molecular formula is C13H7Cl3INO. The van der Waals surface area contributed by atoms with Gasteiger partial charge in [-0.2, -0.15) is 0 Å². The van der Waals surface area contributed by atoms with E-state index in [0.29, 0.717) is 26.3 Å². The van der Waals surface area contributed by atoms with E-state index >= 15 is 0 Å². The Morgan fingerprint density at radius 2 is 1.63 bits per heavy atom. The van der Waals surface area contributed by atoms with Crippen LogP contribution in [0.4, 0.5) is 5.69 Å². The average Bonchev–Trinajstić information content (AvgIpc) is 2.36. The van der Waals surface area contributed by atoms with Gasteiger partial charge in [0.1, 0.15) is 0 Å². The number of benzene rings is 2. The van der Waals surface area contributed by atoms with Gasteiger partial charge in [0.2, 0.25) is 0 Å². The zero-order valence-electron chi connectivity index (χ0n) is 9.38. The van der Waals surface area contributed by atoms with Crippen LogP contribution in [0.1, 0.15) is 10.4 Å². The van der Waals surface area contributed by atoms with Crippen molar-refractivity contribution < 1.29 is 4.79 Å². The second-order valence-corrected chi connectivity index (χ2v) is 6.06. The number of rotatable bonds is 2. The van der Waals surface area contributed by atoms with Crippen molar-refractivity contribution in [2.24, 2.45) is 0 Å². The van der Waals surface area contributed by atoms with Crippen LogP contribution in [-0.2, 0) is 0 Å². The minimum atomic E-state index is -0.245. The molecule has 1 amide bonds. The van der Waals surface area contributed by atoms with Crippen molar-refractivity contribution in [3.63, 3.8) is 0 Å². The van der Waals surface area contributed by atoms with Gasteiger partial charge in [0.05, 0.1) is 26.3 Å². The molecule has 0 saturated carbocycles. The number of carbonyl (C=O) groups is 1. The zero-order valence-corrected chi connectivity index (χ0v) is 13.8. The fourth-order valence-corrected chi connectivity index (χ4v) is 2.68. The summed E-state index contributed by atoms with van der Waals surface area (Å²) in [5.41, 5.74) is 1.01. The maximum atomic E-state index is 12.1. The first-order valence-electron chi connectivity index (χ1n) is 5.19. The smallest absolute Gasteiger partial charge is 0.256 e. The quantitative estimate of drug-likeness (QED) is 0.498. The van der Waals surface area contributed by atoms with Gasteiger partial charge in [-0.25, -0.2) is 0 Å². The number of hydrogen-bond acceptors (Lipinski definition) is 1. The number of carbonyl (C=O) groups excluding carboxylic acids is 1. The molecule has 0 saturated heterocycles. The first-order chi connectivity index (χ1) is 8.99. The number of nitrogens with one attached hydrogen (secondary N) is 1. The van der Waals surface area contributed by atoms with E-state index in [0.717, 1.165) is 3.57 Å². The van der Waals surface area contributed by atoms with Crippen molar-refractivity contribution in [2.75, 3.05) is 5.32 Å². The first-order valence-corrected chi connectivity index (χ1v) is 7.40. The Balaban J connectivity index is 2.30. The van der Waals surface area contributed by atoms with Crippen LogP contribution in [0.15, 0.2) is 36.4 Å². The first kappa shape index (κ1) is 14.9. The number of anilines is 1. The predicted molar refractivity (Wildman–Crippen MR) is 88.6 cm³/mol. The van der Waals surface area contributed by atoms with Gasteiger partial charge in [0.25, 0.3) is 5.91 Å². The van der Waals surface area contributed by atoms with E-state index in [1.807, 2.05) is 12.1 Å². The van der Waals surface area contributed by atoms with Crippen molar-refractivity contribution in [3.05, 3.63) is 60.6 Å². The van der Waals surface area contributed by atoms with Gasteiger partial charge >= 0.3 is 0 Å². The van der Waals surface area contributed by atoms with Crippen LogP contribution in [0, 0.1) is 3.57 Å². The third-order valence-electron chi connectivity index (χ3n) is 2.38. The summed E-state index contributed by atoms with van der Waals surface area (Å²) in [6.07, 6.45) is 0. The molecule has 0 radical (unpaired) electrons. The topological polar surface area (TPSA) is 29.1 Å². The van der Waals surface area contributed by atoms with E-state index in [1.54, 1.807) is 12.1 Å². The van der Waals surface area contributed by atoms with Crippen molar-refractivity contribution in [3.8, 4) is 0 Å². The molecule has 2 aromatic carbocycles. The third-order valence-corrected chi connectivity index (χ3v) is 4.35. The van der Waals surface area contributed by atoms with Gasteiger partial charge in [-0.05, 0) is 46.9 Å². The highest BCUT2D eigenvalue weighted by Crippen LogP contribution is 2.32. The van der Waals surface area contributed by atoms with Crippen molar-refractivity contribution in [1.82, 2.24) is 0 Å².